The number of hydrazine groups is 2. The van der Waals surface area contributed by atoms with Crippen LogP contribution in [-0.2, 0) is 32.4 Å². The third kappa shape index (κ3) is 13.8. The number of aromatic nitrogens is 4. The molecule has 6 aliphatic rings. The molecule has 1 unspecified atom stereocenters. The van der Waals surface area contributed by atoms with Crippen molar-refractivity contribution in [2.24, 2.45) is 23.7 Å². The van der Waals surface area contributed by atoms with Gasteiger partial charge in [-0.25, -0.2) is 38.3 Å². The highest BCUT2D eigenvalue weighted by Gasteiger charge is 2.33. The van der Waals surface area contributed by atoms with Crippen molar-refractivity contribution in [2.75, 3.05) is 79.7 Å². The molecule has 0 spiro atoms. The van der Waals surface area contributed by atoms with Crippen molar-refractivity contribution in [1.82, 2.24) is 51.2 Å². The smallest absolute Gasteiger partial charge is 0.404 e. The van der Waals surface area contributed by atoms with E-state index in [2.05, 4.69) is 57.2 Å². The minimum absolute atomic E-state index is 0.0235. The largest absolute Gasteiger partial charge is 0.493 e. The molecule has 0 bridgehead atoms. The van der Waals surface area contributed by atoms with Crippen LogP contribution >= 0.6 is 0 Å². The number of ether oxygens (including phenoxy) is 2. The topological polar surface area (TPSA) is 264 Å². The number of piperazine rings is 1. The predicted octanol–water partition coefficient (Wildman–Crippen LogP) is 4.44. The fourth-order valence-corrected chi connectivity index (χ4v) is 9.44. The van der Waals surface area contributed by atoms with Gasteiger partial charge in [0.1, 0.15) is 26.2 Å². The van der Waals surface area contributed by atoms with Crippen molar-refractivity contribution >= 4 is 47.3 Å². The number of carbonyl (C=O) groups excluding carboxylic acids is 2. The first kappa shape index (κ1) is 51.2. The van der Waals surface area contributed by atoms with Crippen molar-refractivity contribution < 1.29 is 56.4 Å². The summed E-state index contributed by atoms with van der Waals surface area (Å²) in [6.07, 6.45) is 14.9. The Morgan fingerprint density at radius 3 is 1.81 bits per heavy atom. The number of hydrogen-bond acceptors (Lipinski definition) is 16. The molecule has 3 atom stereocenters. The van der Waals surface area contributed by atoms with Gasteiger partial charge in [0.2, 0.25) is 23.4 Å². The normalized spacial score (nSPS) is 19.9. The molecule has 6 heterocycles. The summed E-state index contributed by atoms with van der Waals surface area (Å²) in [5.41, 5.74) is 10.5. The zero-order valence-electron chi connectivity index (χ0n) is 38.6. The fourth-order valence-electron chi connectivity index (χ4n) is 9.44. The molecule has 8 rings (SSSR count). The van der Waals surface area contributed by atoms with E-state index in [1.807, 2.05) is 0 Å². The number of anilines is 4. The molecule has 382 valence electrons. The molecule has 0 radical (unpaired) electrons. The molecule has 2 aromatic heterocycles. The zero-order valence-corrected chi connectivity index (χ0v) is 38.6. The third-order valence-corrected chi connectivity index (χ3v) is 13.1. The van der Waals surface area contributed by atoms with Crippen molar-refractivity contribution in [3.63, 3.8) is 0 Å². The number of hydrogen-bond donors (Lipinski definition) is 8. The number of carbonyl (C=O) groups is 4. The maximum atomic E-state index is 15.4. The SMILES string of the molecule is O=C(O)NCC(CC1CCCC1)C(=O)NNc1nc(CF)nc(N2C=CN3C=COCC3=C2)c1F.O=C(O)NC[C@@H](CC1CCCC1)C(=O)NNc1nc(CF)nc(N2CCN3CCOC[C@@H]3C2)c1F. The van der Waals surface area contributed by atoms with E-state index < -0.39 is 66.6 Å². The van der Waals surface area contributed by atoms with Gasteiger partial charge in [-0.05, 0) is 24.7 Å². The van der Waals surface area contributed by atoms with E-state index in [4.69, 9.17) is 19.7 Å². The number of rotatable bonds is 18. The van der Waals surface area contributed by atoms with Crippen molar-refractivity contribution in [1.29, 1.82) is 0 Å². The minimum Gasteiger partial charge on any atom is -0.493 e. The molecule has 4 amide bonds. The number of amides is 4. The molecule has 2 aromatic rings. The summed E-state index contributed by atoms with van der Waals surface area (Å²) in [6.45, 7) is 1.82. The molecule has 4 fully saturated rings. The van der Waals surface area contributed by atoms with Gasteiger partial charge in [-0.1, -0.05) is 51.4 Å². The van der Waals surface area contributed by atoms with E-state index in [9.17, 15) is 28.0 Å². The van der Waals surface area contributed by atoms with E-state index in [0.29, 0.717) is 63.2 Å². The van der Waals surface area contributed by atoms with Crippen molar-refractivity contribution in [3.05, 3.63) is 60.0 Å². The second-order valence-corrected chi connectivity index (χ2v) is 17.8. The average Bonchev–Trinajstić information content (AvgIpc) is 4.10. The van der Waals surface area contributed by atoms with Crippen molar-refractivity contribution in [3.8, 4) is 0 Å². The Balaban J connectivity index is 0.000000206. The molecule has 8 N–H and O–H groups in total. The number of carboxylic acid groups (broad SMARTS) is 2. The number of nitrogens with one attached hydrogen (secondary N) is 6. The summed E-state index contributed by atoms with van der Waals surface area (Å²) in [7, 11) is 0. The lowest BCUT2D eigenvalue weighted by Crippen LogP contribution is -2.58. The highest BCUT2D eigenvalue weighted by atomic mass is 19.1. The third-order valence-electron chi connectivity index (χ3n) is 13.1. The van der Waals surface area contributed by atoms with Gasteiger partial charge in [0.05, 0.1) is 36.8 Å². The lowest BCUT2D eigenvalue weighted by molar-refractivity contribution is -0.125. The summed E-state index contributed by atoms with van der Waals surface area (Å²) in [5.74, 6) is -4.78. The van der Waals surface area contributed by atoms with Gasteiger partial charge < -0.3 is 45.0 Å². The Labute approximate surface area is 401 Å². The molecular formula is C44H60F4N14O8. The number of nitrogens with zero attached hydrogens (tertiary/aromatic N) is 8. The van der Waals surface area contributed by atoms with Crippen LogP contribution in [0.3, 0.4) is 0 Å². The number of halogens is 4. The molecule has 70 heavy (non-hydrogen) atoms. The van der Waals surface area contributed by atoms with Crippen LogP contribution in [0.5, 0.6) is 0 Å². The summed E-state index contributed by atoms with van der Waals surface area (Å²) in [6, 6.07) is 0.0925. The molecule has 4 aliphatic heterocycles. The zero-order chi connectivity index (χ0) is 49.6. The van der Waals surface area contributed by atoms with Crippen molar-refractivity contribution in [2.45, 2.75) is 83.6 Å². The summed E-state index contributed by atoms with van der Waals surface area (Å²) < 4.78 is 68.5. The van der Waals surface area contributed by atoms with Gasteiger partial charge in [-0.2, -0.15) is 8.78 Å². The summed E-state index contributed by atoms with van der Waals surface area (Å²) in [5, 5.41) is 22.4. The second-order valence-electron chi connectivity index (χ2n) is 17.8. The molecule has 2 aliphatic carbocycles. The molecular weight excluding hydrogens is 929 g/mol. The van der Waals surface area contributed by atoms with Gasteiger partial charge in [0.25, 0.3) is 0 Å². The number of fused-ring (bicyclic) bond motifs is 2. The second kappa shape index (κ2) is 24.7. The molecule has 0 aromatic carbocycles. The van der Waals surface area contributed by atoms with Crippen LogP contribution < -0.4 is 42.1 Å². The fraction of sp³-hybridized carbons (Fsp3) is 0.591. The molecule has 26 heteroatoms. The Morgan fingerprint density at radius 1 is 0.714 bits per heavy atom. The summed E-state index contributed by atoms with van der Waals surface area (Å²) in [4.78, 5) is 70.5. The Kier molecular flexibility index (Phi) is 18.1. The van der Waals surface area contributed by atoms with Gasteiger partial charge in [-0.3, -0.25) is 36.2 Å². The highest BCUT2D eigenvalue weighted by molar-refractivity contribution is 5.81. The van der Waals surface area contributed by atoms with Crippen LogP contribution in [0.4, 0.5) is 50.4 Å². The van der Waals surface area contributed by atoms with Crippen LogP contribution in [0, 0.1) is 35.3 Å². The van der Waals surface area contributed by atoms with E-state index in [1.165, 1.54) is 11.2 Å². The number of morpholine rings is 1. The van der Waals surface area contributed by atoms with Gasteiger partial charge in [-0.15, -0.1) is 0 Å². The van der Waals surface area contributed by atoms with E-state index in [1.54, 1.807) is 34.6 Å². The first-order chi connectivity index (χ1) is 33.9. The number of alkyl halides is 2. The van der Waals surface area contributed by atoms with Crippen LogP contribution in [0.2, 0.25) is 0 Å². The Morgan fingerprint density at radius 2 is 1.26 bits per heavy atom. The van der Waals surface area contributed by atoms with E-state index >= 15 is 8.78 Å². The maximum absolute atomic E-state index is 15.4. The van der Waals surface area contributed by atoms with E-state index in [-0.39, 0.29) is 54.8 Å². The Hall–Kier alpha value is -6.70. The first-order valence-electron chi connectivity index (χ1n) is 23.5. The van der Waals surface area contributed by atoms with Gasteiger partial charge in [0, 0.05) is 64.1 Å². The predicted molar refractivity (Wildman–Crippen MR) is 244 cm³/mol. The summed E-state index contributed by atoms with van der Waals surface area (Å²) >= 11 is 0. The highest BCUT2D eigenvalue weighted by Crippen LogP contribution is 2.33. The van der Waals surface area contributed by atoms with Gasteiger partial charge in [0.15, 0.2) is 34.9 Å². The van der Waals surface area contributed by atoms with Gasteiger partial charge >= 0.3 is 12.2 Å². The van der Waals surface area contributed by atoms with Crippen LogP contribution in [0.25, 0.3) is 0 Å². The van der Waals surface area contributed by atoms with Crippen LogP contribution in [0.1, 0.15) is 75.9 Å². The quantitative estimate of drug-likeness (QED) is 0.0758. The standard InChI is InChI=1S/C22H33F2N7O4.C22H27F2N7O4/c2*23-10-17-26-19(18(24)20(27-17)31-6-5-30-7-8-35-13-16(30)12-31)28-29-21(32)15(11-25-22(33)34)9-14-3-1-2-4-14/h14-16,25H,1-13H2,(H,29,32)(H,33,34)(H,26,27,28);5-8,12,14-15,25H,1-4,9-11,13H2,(H,29,32)(H,33,34)(H,26,27,28)/t15-,16+;/m1./s1. The lowest BCUT2D eigenvalue weighted by atomic mass is 9.92. The van der Waals surface area contributed by atoms with Crippen LogP contribution in [0.15, 0.2) is 36.8 Å². The average molecular weight is 989 g/mol. The monoisotopic (exact) mass is 988 g/mol. The van der Waals surface area contributed by atoms with Crippen LogP contribution in [-0.4, -0.2) is 129 Å². The molecule has 22 nitrogen and oxygen atoms in total. The first-order valence-corrected chi connectivity index (χ1v) is 23.5. The minimum atomic E-state index is -1.23. The maximum Gasteiger partial charge on any atom is 0.404 e. The Bertz CT molecular complexity index is 2250. The molecule has 2 saturated carbocycles. The lowest BCUT2D eigenvalue weighted by Gasteiger charge is -2.44. The van der Waals surface area contributed by atoms with E-state index in [0.717, 1.165) is 57.9 Å². The molecule has 2 saturated heterocycles.